The number of aryl methyl sites for hydroxylation is 1. The highest BCUT2D eigenvalue weighted by molar-refractivity contribution is 5.98. The van der Waals surface area contributed by atoms with Crippen molar-refractivity contribution in [3.05, 3.63) is 59.2 Å². The lowest BCUT2D eigenvalue weighted by molar-refractivity contribution is -0.123. The Hall–Kier alpha value is -3.02. The molecule has 1 atom stereocenters. The number of hydrogen-bond acceptors (Lipinski definition) is 4. The number of carbonyl (C=O) groups is 2. The van der Waals surface area contributed by atoms with Gasteiger partial charge in [0.1, 0.15) is 6.04 Å². The fourth-order valence-corrected chi connectivity index (χ4v) is 3.27. The normalized spacial score (nSPS) is 11.7. The van der Waals surface area contributed by atoms with Crippen LogP contribution in [-0.2, 0) is 11.2 Å². The van der Waals surface area contributed by atoms with E-state index in [0.29, 0.717) is 37.5 Å². The zero-order chi connectivity index (χ0) is 22.8. The van der Waals surface area contributed by atoms with Crippen molar-refractivity contribution >= 4 is 11.8 Å². The summed E-state index contributed by atoms with van der Waals surface area (Å²) in [5, 5.41) is 5.83. The van der Waals surface area contributed by atoms with E-state index in [2.05, 4.69) is 10.6 Å². The predicted molar refractivity (Wildman–Crippen MR) is 123 cm³/mol. The SMILES string of the molecule is CCOc1ccc(CCNC(=O)[C@@H](NC(=O)c2ccccc2C)C(C)C)cc1OCC. The van der Waals surface area contributed by atoms with E-state index in [1.807, 2.05) is 71.0 Å². The van der Waals surface area contributed by atoms with E-state index in [0.717, 1.165) is 16.9 Å². The predicted octanol–water partition coefficient (Wildman–Crippen LogP) is 3.91. The maximum absolute atomic E-state index is 12.8. The van der Waals surface area contributed by atoms with Gasteiger partial charge in [-0.3, -0.25) is 9.59 Å². The minimum absolute atomic E-state index is 0.0389. The highest BCUT2D eigenvalue weighted by Crippen LogP contribution is 2.28. The van der Waals surface area contributed by atoms with Crippen LogP contribution in [0.5, 0.6) is 11.5 Å². The van der Waals surface area contributed by atoms with Crippen LogP contribution in [0.15, 0.2) is 42.5 Å². The van der Waals surface area contributed by atoms with Gasteiger partial charge in [0.2, 0.25) is 5.91 Å². The molecule has 0 spiro atoms. The Morgan fingerprint density at radius 3 is 2.29 bits per heavy atom. The largest absolute Gasteiger partial charge is 0.490 e. The van der Waals surface area contributed by atoms with Gasteiger partial charge in [0.05, 0.1) is 13.2 Å². The summed E-state index contributed by atoms with van der Waals surface area (Å²) in [7, 11) is 0. The second-order valence-electron chi connectivity index (χ2n) is 7.70. The van der Waals surface area contributed by atoms with Gasteiger partial charge in [-0.15, -0.1) is 0 Å². The summed E-state index contributed by atoms with van der Waals surface area (Å²) < 4.78 is 11.3. The molecule has 0 unspecified atom stereocenters. The number of carbonyl (C=O) groups excluding carboxylic acids is 2. The smallest absolute Gasteiger partial charge is 0.252 e. The summed E-state index contributed by atoms with van der Waals surface area (Å²) in [4.78, 5) is 25.4. The second kappa shape index (κ2) is 12.0. The van der Waals surface area contributed by atoms with Crippen LogP contribution in [0.3, 0.4) is 0 Å². The van der Waals surface area contributed by atoms with E-state index in [-0.39, 0.29) is 17.7 Å². The lowest BCUT2D eigenvalue weighted by Gasteiger charge is -2.22. The van der Waals surface area contributed by atoms with Crippen molar-refractivity contribution in [3.63, 3.8) is 0 Å². The van der Waals surface area contributed by atoms with Crippen LogP contribution in [0.1, 0.15) is 49.2 Å². The first-order chi connectivity index (χ1) is 14.9. The molecule has 2 amide bonds. The first kappa shape index (κ1) is 24.3. The molecule has 2 aromatic rings. The molecule has 0 aliphatic carbocycles. The molecule has 0 bridgehead atoms. The van der Waals surface area contributed by atoms with E-state index in [9.17, 15) is 9.59 Å². The van der Waals surface area contributed by atoms with Gasteiger partial charge in [-0.25, -0.2) is 0 Å². The Bertz CT molecular complexity index is 880. The quantitative estimate of drug-likeness (QED) is 0.571. The molecule has 0 saturated heterocycles. The van der Waals surface area contributed by atoms with E-state index in [4.69, 9.17) is 9.47 Å². The molecule has 168 valence electrons. The van der Waals surface area contributed by atoms with Crippen LogP contribution >= 0.6 is 0 Å². The molecule has 0 heterocycles. The monoisotopic (exact) mass is 426 g/mol. The highest BCUT2D eigenvalue weighted by Gasteiger charge is 2.24. The van der Waals surface area contributed by atoms with E-state index >= 15 is 0 Å². The van der Waals surface area contributed by atoms with Gasteiger partial charge in [0, 0.05) is 12.1 Å². The zero-order valence-corrected chi connectivity index (χ0v) is 19.2. The minimum Gasteiger partial charge on any atom is -0.490 e. The van der Waals surface area contributed by atoms with Crippen molar-refractivity contribution in [2.75, 3.05) is 19.8 Å². The standard InChI is InChI=1S/C25H34N2O4/c1-6-30-21-13-12-19(16-22(21)31-7-2)14-15-26-25(29)23(17(3)4)27-24(28)20-11-9-8-10-18(20)5/h8-13,16-17,23H,6-7,14-15H2,1-5H3,(H,26,29)(H,27,28)/t23-/m0/s1. The summed E-state index contributed by atoms with van der Waals surface area (Å²) in [6.07, 6.45) is 0.648. The molecule has 0 fully saturated rings. The van der Waals surface area contributed by atoms with Crippen molar-refractivity contribution < 1.29 is 19.1 Å². The van der Waals surface area contributed by atoms with Crippen molar-refractivity contribution in [1.82, 2.24) is 10.6 Å². The Labute approximate surface area is 185 Å². The molecule has 0 aliphatic heterocycles. The molecule has 2 N–H and O–H groups in total. The van der Waals surface area contributed by atoms with Crippen LogP contribution in [0.25, 0.3) is 0 Å². The van der Waals surface area contributed by atoms with Gasteiger partial charge in [-0.2, -0.15) is 0 Å². The Balaban J connectivity index is 1.97. The van der Waals surface area contributed by atoms with Crippen LogP contribution in [0.4, 0.5) is 0 Å². The van der Waals surface area contributed by atoms with Crippen LogP contribution in [0.2, 0.25) is 0 Å². The molecule has 0 aliphatic rings. The molecule has 2 aromatic carbocycles. The van der Waals surface area contributed by atoms with Gasteiger partial charge in [0.15, 0.2) is 11.5 Å². The molecule has 31 heavy (non-hydrogen) atoms. The van der Waals surface area contributed by atoms with Crippen LogP contribution < -0.4 is 20.1 Å². The number of amides is 2. The maximum Gasteiger partial charge on any atom is 0.252 e. The first-order valence-corrected chi connectivity index (χ1v) is 10.9. The average Bonchev–Trinajstić information content (AvgIpc) is 2.74. The molecule has 0 aromatic heterocycles. The second-order valence-corrected chi connectivity index (χ2v) is 7.70. The number of benzene rings is 2. The third-order valence-corrected chi connectivity index (χ3v) is 4.95. The molecular weight excluding hydrogens is 392 g/mol. The summed E-state index contributed by atoms with van der Waals surface area (Å²) in [5.74, 6) is 0.963. The Kier molecular flexibility index (Phi) is 9.38. The molecule has 2 rings (SSSR count). The van der Waals surface area contributed by atoms with Gasteiger partial charge < -0.3 is 20.1 Å². The van der Waals surface area contributed by atoms with Crippen molar-refractivity contribution in [1.29, 1.82) is 0 Å². The first-order valence-electron chi connectivity index (χ1n) is 10.9. The summed E-state index contributed by atoms with van der Waals surface area (Å²) in [5.41, 5.74) is 2.50. The fourth-order valence-electron chi connectivity index (χ4n) is 3.27. The molecule has 0 radical (unpaired) electrons. The average molecular weight is 427 g/mol. The molecule has 0 saturated carbocycles. The van der Waals surface area contributed by atoms with Gasteiger partial charge in [-0.05, 0) is 62.4 Å². The number of rotatable bonds is 11. The summed E-state index contributed by atoms with van der Waals surface area (Å²) >= 11 is 0. The number of nitrogens with one attached hydrogen (secondary N) is 2. The fraction of sp³-hybridized carbons (Fsp3) is 0.440. The maximum atomic E-state index is 12.8. The molecule has 6 nitrogen and oxygen atoms in total. The minimum atomic E-state index is -0.605. The summed E-state index contributed by atoms with van der Waals surface area (Å²) in [6, 6.07) is 12.6. The van der Waals surface area contributed by atoms with Crippen LogP contribution in [0, 0.1) is 12.8 Å². The Morgan fingerprint density at radius 2 is 1.65 bits per heavy atom. The third kappa shape index (κ3) is 7.02. The van der Waals surface area contributed by atoms with Gasteiger partial charge in [0.25, 0.3) is 5.91 Å². The third-order valence-electron chi connectivity index (χ3n) is 4.95. The molecular formula is C25H34N2O4. The van der Waals surface area contributed by atoms with Gasteiger partial charge >= 0.3 is 0 Å². The topological polar surface area (TPSA) is 76.7 Å². The van der Waals surface area contributed by atoms with Gasteiger partial charge in [-0.1, -0.05) is 38.1 Å². The van der Waals surface area contributed by atoms with Crippen molar-refractivity contribution in [2.45, 2.75) is 47.1 Å². The van der Waals surface area contributed by atoms with E-state index in [1.165, 1.54) is 0 Å². The summed E-state index contributed by atoms with van der Waals surface area (Å²) in [6.45, 7) is 11.2. The lowest BCUT2D eigenvalue weighted by atomic mass is 10.0. The Morgan fingerprint density at radius 1 is 0.968 bits per heavy atom. The zero-order valence-electron chi connectivity index (χ0n) is 19.2. The van der Waals surface area contributed by atoms with E-state index in [1.54, 1.807) is 6.07 Å². The van der Waals surface area contributed by atoms with Crippen LogP contribution in [-0.4, -0.2) is 37.6 Å². The highest BCUT2D eigenvalue weighted by atomic mass is 16.5. The van der Waals surface area contributed by atoms with Crippen molar-refractivity contribution in [3.8, 4) is 11.5 Å². The lowest BCUT2D eigenvalue weighted by Crippen LogP contribution is -2.50. The number of ether oxygens (including phenoxy) is 2. The molecule has 6 heteroatoms. The van der Waals surface area contributed by atoms with E-state index < -0.39 is 6.04 Å². The number of hydrogen-bond donors (Lipinski definition) is 2. The van der Waals surface area contributed by atoms with Crippen molar-refractivity contribution in [2.24, 2.45) is 5.92 Å².